The minimum absolute atomic E-state index is 0. The molecule has 5 aliphatic rings. The van der Waals surface area contributed by atoms with Crippen LogP contribution in [0.1, 0.15) is 121 Å². The molecule has 3 heterocycles. The van der Waals surface area contributed by atoms with Gasteiger partial charge in [-0.2, -0.15) is 0 Å². The van der Waals surface area contributed by atoms with Crippen LogP contribution in [-0.2, 0) is 42.7 Å². The second-order valence-electron chi connectivity index (χ2n) is 16.3. The van der Waals surface area contributed by atoms with Gasteiger partial charge in [0.1, 0.15) is 35.7 Å². The van der Waals surface area contributed by atoms with Gasteiger partial charge in [-0.25, -0.2) is 0 Å². The average molecular weight is 848 g/mol. The van der Waals surface area contributed by atoms with E-state index >= 15 is 0 Å². The predicted molar refractivity (Wildman–Crippen MR) is 208 cm³/mol. The molecule has 16 nitrogen and oxygen atoms in total. The number of esters is 1. The number of fused-ring (bicyclic) bond motifs is 3. The molecule has 0 amide bonds. The number of rotatable bonds is 9. The number of aliphatic hydroxyl groups excluding tert-OH is 1. The van der Waals surface area contributed by atoms with E-state index in [9.17, 15) is 39.6 Å². The van der Waals surface area contributed by atoms with E-state index in [1.54, 1.807) is 27.7 Å². The number of nitrogens with zero attached hydrogens (tertiary/aromatic N) is 1. The Bertz CT molecular complexity index is 1950. The summed E-state index contributed by atoms with van der Waals surface area (Å²) in [6, 6.07) is 5.11. The fraction of sp³-hybridized carbons (Fsp3) is 0.619. The minimum Gasteiger partial charge on any atom is -0.507 e. The first-order valence-corrected chi connectivity index (χ1v) is 19.9. The van der Waals surface area contributed by atoms with E-state index in [2.05, 4.69) is 0 Å². The third-order valence-electron chi connectivity index (χ3n) is 12.4. The number of halogens is 1. The summed E-state index contributed by atoms with van der Waals surface area (Å²) in [5, 5.41) is 45.9. The van der Waals surface area contributed by atoms with Gasteiger partial charge in [0.25, 0.3) is 0 Å². The highest BCUT2D eigenvalue weighted by Crippen LogP contribution is 2.54. The molecule has 13 atom stereocenters. The van der Waals surface area contributed by atoms with E-state index in [4.69, 9.17) is 33.2 Å². The van der Waals surface area contributed by atoms with E-state index in [1.807, 2.05) is 19.0 Å². The summed E-state index contributed by atoms with van der Waals surface area (Å²) in [4.78, 5) is 55.0. The highest BCUT2D eigenvalue weighted by atomic mass is 35.5. The molecule has 0 radical (unpaired) electrons. The van der Waals surface area contributed by atoms with Crippen molar-refractivity contribution in [2.75, 3.05) is 21.2 Å². The fourth-order valence-corrected chi connectivity index (χ4v) is 9.27. The molecule has 3 saturated heterocycles. The lowest BCUT2D eigenvalue weighted by atomic mass is 9.67. The molecule has 0 saturated carbocycles. The maximum Gasteiger partial charge on any atom is 0.316 e. The maximum atomic E-state index is 13.9. The van der Waals surface area contributed by atoms with Crippen molar-refractivity contribution >= 4 is 35.7 Å². The number of methoxy groups -OCH3 is 1. The van der Waals surface area contributed by atoms with Crippen LogP contribution < -0.4 is 0 Å². The molecule has 59 heavy (non-hydrogen) atoms. The lowest BCUT2D eigenvalue weighted by Crippen LogP contribution is -2.58. The Balaban J connectivity index is 0.00000585. The van der Waals surface area contributed by atoms with Gasteiger partial charge in [0.15, 0.2) is 30.4 Å². The third-order valence-corrected chi connectivity index (χ3v) is 12.4. The Morgan fingerprint density at radius 2 is 1.56 bits per heavy atom. The van der Waals surface area contributed by atoms with Crippen LogP contribution in [0.5, 0.6) is 11.5 Å². The number of carbonyl (C=O) groups excluding carboxylic acids is 4. The monoisotopic (exact) mass is 847 g/mol. The number of ketones is 3. The van der Waals surface area contributed by atoms with Crippen molar-refractivity contribution in [1.29, 1.82) is 0 Å². The zero-order chi connectivity index (χ0) is 42.0. The van der Waals surface area contributed by atoms with Crippen LogP contribution in [0.3, 0.4) is 0 Å². The normalized spacial score (nSPS) is 35.7. The number of aromatic hydroxyl groups is 2. The van der Waals surface area contributed by atoms with Gasteiger partial charge in [0.2, 0.25) is 5.78 Å². The Kier molecular flexibility index (Phi) is 13.3. The highest BCUT2D eigenvalue weighted by Gasteiger charge is 2.53. The number of Topliss-reactive ketones (excluding diaryl/α,β-unsaturated/α-hetero) is 1. The molecule has 17 heteroatoms. The quantitative estimate of drug-likeness (QED) is 0.226. The molecule has 2 aliphatic carbocycles. The standard InChI is InChI=1S/C42H53NO15.ClH/c1-8-42(51)17-28(33-22(35(42)41(50)52-7)14-23-34(38(33)49)37(48)32-21(36(23)47)10-9-11-26(32)45)56-30-15-24(43(5)6)39(19(3)54-30)58-31-16-27(46)40(20(4)55-31)57-29-13-12-25(44)18(2)53-29;/h9-11,14,18-20,24,27-31,35,39-40,45-46,49,51H,8,12-13,15-17H2,1-7H3;1H/t18-,19-,20-,24-,27-,28-,29+,30+,31-,35-,39+,40+,42+;/m0./s1. The number of carbonyl (C=O) groups is 4. The molecule has 324 valence electrons. The zero-order valence-electron chi connectivity index (χ0n) is 34.1. The second kappa shape index (κ2) is 17.4. The molecular weight excluding hydrogens is 794 g/mol. The molecule has 2 aromatic rings. The number of hydrogen-bond acceptors (Lipinski definition) is 16. The highest BCUT2D eigenvalue weighted by molar-refractivity contribution is 6.30. The molecule has 0 bridgehead atoms. The van der Waals surface area contributed by atoms with Crippen LogP contribution in [0.15, 0.2) is 24.3 Å². The Labute approximate surface area is 348 Å². The van der Waals surface area contributed by atoms with Crippen LogP contribution in [0, 0.1) is 0 Å². The largest absolute Gasteiger partial charge is 0.507 e. The zero-order valence-corrected chi connectivity index (χ0v) is 34.9. The van der Waals surface area contributed by atoms with E-state index in [0.29, 0.717) is 12.8 Å². The molecule has 0 unspecified atom stereocenters. The third kappa shape index (κ3) is 8.16. The van der Waals surface area contributed by atoms with Crippen molar-refractivity contribution in [2.24, 2.45) is 0 Å². The number of aliphatic hydroxyl groups is 2. The van der Waals surface area contributed by atoms with Crippen molar-refractivity contribution in [3.63, 3.8) is 0 Å². The van der Waals surface area contributed by atoms with E-state index in [0.717, 1.165) is 0 Å². The van der Waals surface area contributed by atoms with Crippen LogP contribution in [-0.4, -0.2) is 137 Å². The summed E-state index contributed by atoms with van der Waals surface area (Å²) in [7, 11) is 4.91. The molecule has 3 fully saturated rings. The molecule has 0 aromatic heterocycles. The maximum absolute atomic E-state index is 13.9. The fourth-order valence-electron chi connectivity index (χ4n) is 9.27. The lowest BCUT2D eigenvalue weighted by Gasteiger charge is -2.48. The molecule has 4 N–H and O–H groups in total. The Morgan fingerprint density at radius 3 is 2.19 bits per heavy atom. The van der Waals surface area contributed by atoms with Gasteiger partial charge < -0.3 is 58.5 Å². The van der Waals surface area contributed by atoms with E-state index < -0.39 is 102 Å². The summed E-state index contributed by atoms with van der Waals surface area (Å²) in [5.74, 6) is -4.59. The van der Waals surface area contributed by atoms with Crippen molar-refractivity contribution in [1.82, 2.24) is 4.90 Å². The van der Waals surface area contributed by atoms with Gasteiger partial charge in [-0.1, -0.05) is 19.1 Å². The Morgan fingerprint density at radius 1 is 0.898 bits per heavy atom. The second-order valence-corrected chi connectivity index (χ2v) is 16.3. The van der Waals surface area contributed by atoms with Gasteiger partial charge >= 0.3 is 5.97 Å². The van der Waals surface area contributed by atoms with Gasteiger partial charge in [0, 0.05) is 54.8 Å². The number of phenolic OH excluding ortho intramolecular Hbond substituents is 2. The van der Waals surface area contributed by atoms with Gasteiger partial charge in [0.05, 0.1) is 48.3 Å². The lowest BCUT2D eigenvalue weighted by molar-refractivity contribution is -0.324. The summed E-state index contributed by atoms with van der Waals surface area (Å²) in [5.41, 5.74) is -2.49. The first-order valence-electron chi connectivity index (χ1n) is 19.9. The minimum atomic E-state index is -1.76. The van der Waals surface area contributed by atoms with Crippen molar-refractivity contribution in [2.45, 2.75) is 145 Å². The van der Waals surface area contributed by atoms with Crippen LogP contribution in [0.25, 0.3) is 0 Å². The molecule has 3 aliphatic heterocycles. The average Bonchev–Trinajstić information content (AvgIpc) is 3.17. The smallest absolute Gasteiger partial charge is 0.316 e. The molecule has 0 spiro atoms. The van der Waals surface area contributed by atoms with Crippen LogP contribution in [0.2, 0.25) is 0 Å². The molecule has 7 rings (SSSR count). The van der Waals surface area contributed by atoms with Gasteiger partial charge in [-0.05, 0) is 59.0 Å². The summed E-state index contributed by atoms with van der Waals surface area (Å²) in [6.07, 6.45) is -6.64. The van der Waals surface area contributed by atoms with E-state index in [-0.39, 0.29) is 83.3 Å². The number of ether oxygens (including phenoxy) is 7. The van der Waals surface area contributed by atoms with Crippen molar-refractivity contribution in [3.05, 3.63) is 57.6 Å². The van der Waals surface area contributed by atoms with Gasteiger partial charge in [-0.3, -0.25) is 19.2 Å². The molecule has 2 aromatic carbocycles. The number of phenols is 2. The first-order chi connectivity index (χ1) is 27.5. The van der Waals surface area contributed by atoms with Crippen LogP contribution >= 0.6 is 12.4 Å². The predicted octanol–water partition coefficient (Wildman–Crippen LogP) is 3.58. The van der Waals surface area contributed by atoms with Gasteiger partial charge in [-0.15, -0.1) is 12.4 Å². The van der Waals surface area contributed by atoms with Crippen molar-refractivity contribution < 1.29 is 72.8 Å². The first kappa shape index (κ1) is 45.0. The van der Waals surface area contributed by atoms with Crippen molar-refractivity contribution in [3.8, 4) is 11.5 Å². The molecular formula is C42H54ClNO15. The SMILES string of the molecule is CC[C@@]1(O)C[C@H](O[C@@H]2C[C@H](N(C)C)[C@H](O[C@H]3C[C@H](O)[C@H](O[C@@H]4CCC(=O)[C@H](C)O4)[C@H](C)O3)[C@H](C)O2)c2c(cc3c(c2O)C(=O)c2c(O)cccc2C3=O)[C@H]1C(=O)OC.Cl. The summed E-state index contributed by atoms with van der Waals surface area (Å²) >= 11 is 0. The number of hydrogen-bond donors (Lipinski definition) is 4. The number of benzene rings is 2. The number of likely N-dealkylation sites (N-methyl/N-ethyl adjacent to an activating group) is 1. The topological polar surface area (TPSA) is 217 Å². The van der Waals surface area contributed by atoms with E-state index in [1.165, 1.54) is 31.4 Å². The van der Waals surface area contributed by atoms with Crippen LogP contribution in [0.4, 0.5) is 0 Å². The Hall–Kier alpha value is -3.55. The summed E-state index contributed by atoms with van der Waals surface area (Å²) < 4.78 is 42.6. The summed E-state index contributed by atoms with van der Waals surface area (Å²) in [6.45, 7) is 6.95.